The van der Waals surface area contributed by atoms with Gasteiger partial charge in [0.2, 0.25) is 0 Å². The summed E-state index contributed by atoms with van der Waals surface area (Å²) >= 11 is 0. The molecule has 0 fully saturated rings. The fourth-order valence-electron chi connectivity index (χ4n) is 1.57. The predicted octanol–water partition coefficient (Wildman–Crippen LogP) is 2.60. The van der Waals surface area contributed by atoms with Crippen molar-refractivity contribution >= 4 is 5.91 Å². The molecule has 0 aliphatic carbocycles. The molecule has 0 unspecified atom stereocenters. The number of phenolic OH excluding ortho intramolecular Hbond substituents is 1. The molecule has 5 heteroatoms. The number of carbonyl (C=O) groups is 1. The molecule has 98 valence electrons. The van der Waals surface area contributed by atoms with Crippen LogP contribution in [0.2, 0.25) is 0 Å². The zero-order chi connectivity index (χ0) is 13.8. The lowest BCUT2D eigenvalue weighted by molar-refractivity contribution is 0.0947. The minimum absolute atomic E-state index is 0.153. The Labute approximate surface area is 108 Å². The fourth-order valence-corrected chi connectivity index (χ4v) is 1.57. The monoisotopic (exact) mass is 263 g/mol. The Morgan fingerprint density at radius 2 is 1.79 bits per heavy atom. The zero-order valence-electron chi connectivity index (χ0n) is 9.86. The molecule has 2 aromatic rings. The smallest absolute Gasteiger partial charge is 0.254 e. The van der Waals surface area contributed by atoms with Crippen molar-refractivity contribution in [2.45, 2.75) is 6.54 Å². The van der Waals surface area contributed by atoms with Crippen LogP contribution in [-0.4, -0.2) is 11.0 Å². The molecule has 0 bridgehead atoms. The SMILES string of the molecule is O=C(NCc1ccc(F)cc1)c1ccc(O)cc1F. The second kappa shape index (κ2) is 5.48. The summed E-state index contributed by atoms with van der Waals surface area (Å²) in [5.74, 6) is -1.99. The molecule has 3 nitrogen and oxygen atoms in total. The van der Waals surface area contributed by atoms with Gasteiger partial charge in [-0.1, -0.05) is 12.1 Å². The van der Waals surface area contributed by atoms with E-state index in [0.717, 1.165) is 6.07 Å². The lowest BCUT2D eigenvalue weighted by atomic mass is 10.1. The summed E-state index contributed by atoms with van der Waals surface area (Å²) in [6.45, 7) is 0.166. The third-order valence-electron chi connectivity index (χ3n) is 2.56. The number of nitrogens with one attached hydrogen (secondary N) is 1. The minimum Gasteiger partial charge on any atom is -0.508 e. The predicted molar refractivity (Wildman–Crippen MR) is 65.6 cm³/mol. The highest BCUT2D eigenvalue weighted by Crippen LogP contribution is 2.15. The first-order chi connectivity index (χ1) is 9.06. The molecule has 0 radical (unpaired) electrons. The number of rotatable bonds is 3. The summed E-state index contributed by atoms with van der Waals surface area (Å²) in [6, 6.07) is 8.92. The van der Waals surface area contributed by atoms with E-state index in [1.54, 1.807) is 0 Å². The van der Waals surface area contributed by atoms with Gasteiger partial charge >= 0.3 is 0 Å². The molecule has 0 atom stereocenters. The largest absolute Gasteiger partial charge is 0.508 e. The van der Waals surface area contributed by atoms with Crippen LogP contribution in [0.4, 0.5) is 8.78 Å². The van der Waals surface area contributed by atoms with Gasteiger partial charge in [0.05, 0.1) is 5.56 Å². The van der Waals surface area contributed by atoms with E-state index >= 15 is 0 Å². The van der Waals surface area contributed by atoms with Crippen molar-refractivity contribution in [1.29, 1.82) is 0 Å². The molecule has 0 aromatic heterocycles. The van der Waals surface area contributed by atoms with Gasteiger partial charge in [0.1, 0.15) is 17.4 Å². The van der Waals surface area contributed by atoms with E-state index in [1.165, 1.54) is 36.4 Å². The van der Waals surface area contributed by atoms with Crippen molar-refractivity contribution < 1.29 is 18.7 Å². The van der Waals surface area contributed by atoms with Crippen molar-refractivity contribution in [3.05, 3.63) is 65.2 Å². The summed E-state index contributed by atoms with van der Waals surface area (Å²) in [5, 5.41) is 11.6. The first kappa shape index (κ1) is 13.0. The molecular weight excluding hydrogens is 252 g/mol. The van der Waals surface area contributed by atoms with Crippen LogP contribution in [0.5, 0.6) is 5.75 Å². The summed E-state index contributed by atoms with van der Waals surface area (Å²) in [4.78, 5) is 11.7. The van der Waals surface area contributed by atoms with Crippen LogP contribution in [0.3, 0.4) is 0 Å². The van der Waals surface area contributed by atoms with Gasteiger partial charge in [0.25, 0.3) is 5.91 Å². The van der Waals surface area contributed by atoms with Gasteiger partial charge < -0.3 is 10.4 Å². The number of benzene rings is 2. The molecule has 0 saturated heterocycles. The summed E-state index contributed by atoms with van der Waals surface area (Å²) in [6.07, 6.45) is 0. The maximum absolute atomic E-state index is 13.4. The maximum atomic E-state index is 13.4. The van der Waals surface area contributed by atoms with E-state index < -0.39 is 11.7 Å². The Morgan fingerprint density at radius 1 is 1.11 bits per heavy atom. The van der Waals surface area contributed by atoms with E-state index in [9.17, 15) is 13.6 Å². The molecule has 2 N–H and O–H groups in total. The third-order valence-corrected chi connectivity index (χ3v) is 2.56. The minimum atomic E-state index is -0.795. The van der Waals surface area contributed by atoms with E-state index in [0.29, 0.717) is 5.56 Å². The highest BCUT2D eigenvalue weighted by atomic mass is 19.1. The highest BCUT2D eigenvalue weighted by molar-refractivity contribution is 5.94. The van der Waals surface area contributed by atoms with Crippen LogP contribution in [0, 0.1) is 11.6 Å². The van der Waals surface area contributed by atoms with Crippen LogP contribution in [0.1, 0.15) is 15.9 Å². The Kier molecular flexibility index (Phi) is 3.75. The first-order valence-electron chi connectivity index (χ1n) is 5.57. The van der Waals surface area contributed by atoms with Crippen molar-refractivity contribution in [1.82, 2.24) is 5.32 Å². The van der Waals surface area contributed by atoms with Crippen molar-refractivity contribution in [3.8, 4) is 5.75 Å². The van der Waals surface area contributed by atoms with Gasteiger partial charge in [-0.25, -0.2) is 8.78 Å². The Hall–Kier alpha value is -2.43. The van der Waals surface area contributed by atoms with Crippen molar-refractivity contribution in [2.75, 3.05) is 0 Å². The summed E-state index contributed by atoms with van der Waals surface area (Å²) in [7, 11) is 0. The number of carbonyl (C=O) groups excluding carboxylic acids is 1. The second-order valence-electron chi connectivity index (χ2n) is 3.97. The molecule has 2 aromatic carbocycles. The van der Waals surface area contributed by atoms with Gasteiger partial charge in [0, 0.05) is 12.6 Å². The lowest BCUT2D eigenvalue weighted by Crippen LogP contribution is -2.23. The Morgan fingerprint density at radius 3 is 2.42 bits per heavy atom. The van der Waals surface area contributed by atoms with Crippen LogP contribution in [-0.2, 0) is 6.54 Å². The number of phenols is 1. The standard InChI is InChI=1S/C14H11F2NO2/c15-10-3-1-9(2-4-10)8-17-14(19)12-6-5-11(18)7-13(12)16/h1-7,18H,8H2,(H,17,19). The van der Waals surface area contributed by atoms with Gasteiger partial charge in [0.15, 0.2) is 0 Å². The topological polar surface area (TPSA) is 49.3 Å². The Balaban J connectivity index is 2.03. The quantitative estimate of drug-likeness (QED) is 0.894. The van der Waals surface area contributed by atoms with E-state index in [-0.39, 0.29) is 23.7 Å². The van der Waals surface area contributed by atoms with Gasteiger partial charge in [-0.3, -0.25) is 4.79 Å². The van der Waals surface area contributed by atoms with Crippen molar-refractivity contribution in [2.24, 2.45) is 0 Å². The molecular formula is C14H11F2NO2. The molecule has 19 heavy (non-hydrogen) atoms. The fraction of sp³-hybridized carbons (Fsp3) is 0.0714. The van der Waals surface area contributed by atoms with Crippen molar-refractivity contribution in [3.63, 3.8) is 0 Å². The molecule has 2 rings (SSSR count). The summed E-state index contributed by atoms with van der Waals surface area (Å²) in [5.41, 5.74) is 0.550. The van der Waals surface area contributed by atoms with E-state index in [4.69, 9.17) is 5.11 Å². The van der Waals surface area contributed by atoms with Gasteiger partial charge in [-0.05, 0) is 29.8 Å². The molecule has 1 amide bonds. The molecule has 0 aliphatic heterocycles. The van der Waals surface area contributed by atoms with E-state index in [1.807, 2.05) is 0 Å². The van der Waals surface area contributed by atoms with Crippen LogP contribution >= 0.6 is 0 Å². The van der Waals surface area contributed by atoms with Crippen LogP contribution in [0.25, 0.3) is 0 Å². The van der Waals surface area contributed by atoms with Gasteiger partial charge in [-0.15, -0.1) is 0 Å². The Bertz CT molecular complexity index is 597. The summed E-state index contributed by atoms with van der Waals surface area (Å²) < 4.78 is 26.1. The normalized spacial score (nSPS) is 10.2. The number of hydrogen-bond acceptors (Lipinski definition) is 2. The van der Waals surface area contributed by atoms with Gasteiger partial charge in [-0.2, -0.15) is 0 Å². The number of aromatic hydroxyl groups is 1. The first-order valence-corrected chi connectivity index (χ1v) is 5.57. The molecule has 0 aliphatic rings. The maximum Gasteiger partial charge on any atom is 0.254 e. The average Bonchev–Trinajstić information content (AvgIpc) is 2.37. The third kappa shape index (κ3) is 3.28. The number of hydrogen-bond donors (Lipinski definition) is 2. The molecule has 0 spiro atoms. The number of halogens is 2. The lowest BCUT2D eigenvalue weighted by Gasteiger charge is -2.06. The average molecular weight is 263 g/mol. The zero-order valence-corrected chi connectivity index (χ0v) is 9.86. The van der Waals surface area contributed by atoms with E-state index in [2.05, 4.69) is 5.32 Å². The molecule has 0 saturated carbocycles. The van der Waals surface area contributed by atoms with Crippen LogP contribution < -0.4 is 5.32 Å². The van der Waals surface area contributed by atoms with Crippen LogP contribution in [0.15, 0.2) is 42.5 Å². The second-order valence-corrected chi connectivity index (χ2v) is 3.97. The number of amides is 1. The molecule has 0 heterocycles. The highest BCUT2D eigenvalue weighted by Gasteiger charge is 2.11.